The minimum absolute atomic E-state index is 0.145. The summed E-state index contributed by atoms with van der Waals surface area (Å²) in [6, 6.07) is 5.02. The van der Waals surface area contributed by atoms with Crippen LogP contribution in [0, 0.1) is 0 Å². The van der Waals surface area contributed by atoms with Crippen LogP contribution in [0.3, 0.4) is 0 Å². The maximum Gasteiger partial charge on any atom is 0.322 e. The maximum atomic E-state index is 12.1. The Kier molecular flexibility index (Phi) is 4.32. The SMILES string of the molecule is C[C@H]1CNCCN1C(=O)Nc1cc(Cl)ccc1Cl. The summed E-state index contributed by atoms with van der Waals surface area (Å²) in [4.78, 5) is 13.9. The third-order valence-electron chi connectivity index (χ3n) is 2.93. The Hall–Kier alpha value is -0.970. The summed E-state index contributed by atoms with van der Waals surface area (Å²) in [6.07, 6.45) is 0. The van der Waals surface area contributed by atoms with E-state index in [4.69, 9.17) is 23.2 Å². The van der Waals surface area contributed by atoms with Crippen molar-refractivity contribution in [1.29, 1.82) is 0 Å². The number of nitrogens with one attached hydrogen (secondary N) is 2. The van der Waals surface area contributed by atoms with Crippen molar-refractivity contribution in [1.82, 2.24) is 10.2 Å². The van der Waals surface area contributed by atoms with Crippen LogP contribution in [0.15, 0.2) is 18.2 Å². The molecule has 0 saturated carbocycles. The fourth-order valence-corrected chi connectivity index (χ4v) is 2.26. The van der Waals surface area contributed by atoms with Gasteiger partial charge in [0.05, 0.1) is 10.7 Å². The van der Waals surface area contributed by atoms with Crippen LogP contribution in [0.25, 0.3) is 0 Å². The highest BCUT2D eigenvalue weighted by Crippen LogP contribution is 2.25. The molecule has 0 unspecified atom stereocenters. The Morgan fingerprint density at radius 2 is 2.28 bits per heavy atom. The van der Waals surface area contributed by atoms with Gasteiger partial charge in [-0.25, -0.2) is 4.79 Å². The Bertz CT molecular complexity index is 453. The molecule has 1 saturated heterocycles. The van der Waals surface area contributed by atoms with E-state index in [1.165, 1.54) is 0 Å². The highest BCUT2D eigenvalue weighted by Gasteiger charge is 2.23. The van der Waals surface area contributed by atoms with Gasteiger partial charge in [-0.1, -0.05) is 23.2 Å². The van der Waals surface area contributed by atoms with E-state index in [0.29, 0.717) is 22.3 Å². The van der Waals surface area contributed by atoms with Crippen LogP contribution in [0.1, 0.15) is 6.92 Å². The van der Waals surface area contributed by atoms with Crippen LogP contribution in [-0.2, 0) is 0 Å². The number of urea groups is 1. The molecule has 0 radical (unpaired) electrons. The number of hydrogen-bond donors (Lipinski definition) is 2. The first-order valence-corrected chi connectivity index (χ1v) is 6.57. The van der Waals surface area contributed by atoms with E-state index in [-0.39, 0.29) is 12.1 Å². The van der Waals surface area contributed by atoms with Crippen LogP contribution in [0.4, 0.5) is 10.5 Å². The van der Waals surface area contributed by atoms with Gasteiger partial charge in [-0.15, -0.1) is 0 Å². The molecule has 2 rings (SSSR count). The van der Waals surface area contributed by atoms with Gasteiger partial charge in [-0.3, -0.25) is 0 Å². The van der Waals surface area contributed by atoms with Crippen LogP contribution >= 0.6 is 23.2 Å². The van der Waals surface area contributed by atoms with E-state index in [0.717, 1.165) is 13.1 Å². The van der Waals surface area contributed by atoms with Gasteiger partial charge in [-0.2, -0.15) is 0 Å². The van der Waals surface area contributed by atoms with Crippen LogP contribution in [0.2, 0.25) is 10.0 Å². The summed E-state index contributed by atoms with van der Waals surface area (Å²) in [6.45, 7) is 4.30. The fraction of sp³-hybridized carbons (Fsp3) is 0.417. The van der Waals surface area contributed by atoms with Crippen molar-refractivity contribution < 1.29 is 4.79 Å². The standard InChI is InChI=1S/C12H15Cl2N3O/c1-8-7-15-4-5-17(8)12(18)16-11-6-9(13)2-3-10(11)14/h2-3,6,8,15H,4-5,7H2,1H3,(H,16,18)/t8-/m0/s1. The number of hydrogen-bond acceptors (Lipinski definition) is 2. The first-order valence-electron chi connectivity index (χ1n) is 5.81. The highest BCUT2D eigenvalue weighted by atomic mass is 35.5. The number of nitrogens with zero attached hydrogens (tertiary/aromatic N) is 1. The molecule has 0 bridgehead atoms. The van der Waals surface area contributed by atoms with E-state index in [9.17, 15) is 4.79 Å². The first kappa shape index (κ1) is 13.5. The lowest BCUT2D eigenvalue weighted by atomic mass is 10.2. The van der Waals surface area contributed by atoms with E-state index < -0.39 is 0 Å². The molecule has 6 heteroatoms. The molecule has 1 heterocycles. The molecule has 0 aromatic heterocycles. The molecule has 1 atom stereocenters. The van der Waals surface area contributed by atoms with E-state index in [2.05, 4.69) is 10.6 Å². The third kappa shape index (κ3) is 3.07. The smallest absolute Gasteiger partial charge is 0.319 e. The van der Waals surface area contributed by atoms with Crippen molar-refractivity contribution >= 4 is 34.9 Å². The first-order chi connectivity index (χ1) is 8.58. The molecule has 4 nitrogen and oxygen atoms in total. The van der Waals surface area contributed by atoms with Gasteiger partial charge in [-0.05, 0) is 25.1 Å². The zero-order valence-corrected chi connectivity index (χ0v) is 11.6. The number of benzene rings is 1. The predicted molar refractivity (Wildman–Crippen MR) is 74.5 cm³/mol. The lowest BCUT2D eigenvalue weighted by molar-refractivity contribution is 0.177. The van der Waals surface area contributed by atoms with Crippen LogP contribution < -0.4 is 10.6 Å². The number of anilines is 1. The lowest BCUT2D eigenvalue weighted by Gasteiger charge is -2.33. The number of halogens is 2. The average Bonchev–Trinajstić information content (AvgIpc) is 2.34. The Balaban J connectivity index is 2.08. The second-order valence-corrected chi connectivity index (χ2v) is 5.14. The molecule has 1 aliphatic heterocycles. The minimum Gasteiger partial charge on any atom is -0.319 e. The second kappa shape index (κ2) is 5.78. The topological polar surface area (TPSA) is 44.4 Å². The van der Waals surface area contributed by atoms with Gasteiger partial charge in [0.2, 0.25) is 0 Å². The van der Waals surface area contributed by atoms with Crippen molar-refractivity contribution in [2.45, 2.75) is 13.0 Å². The number of amides is 2. The Labute approximate surface area is 116 Å². The molecule has 18 heavy (non-hydrogen) atoms. The van der Waals surface area contributed by atoms with Crippen LogP contribution in [-0.4, -0.2) is 36.6 Å². The molecule has 1 aromatic carbocycles. The molecule has 1 fully saturated rings. The lowest BCUT2D eigenvalue weighted by Crippen LogP contribution is -2.53. The van der Waals surface area contributed by atoms with Gasteiger partial charge >= 0.3 is 6.03 Å². The normalized spacial score (nSPS) is 19.7. The molecular weight excluding hydrogens is 273 g/mol. The monoisotopic (exact) mass is 287 g/mol. The zero-order chi connectivity index (χ0) is 13.1. The molecular formula is C12H15Cl2N3O. The van der Waals surface area contributed by atoms with Crippen molar-refractivity contribution in [3.05, 3.63) is 28.2 Å². The predicted octanol–water partition coefficient (Wildman–Crippen LogP) is 2.82. The van der Waals surface area contributed by atoms with E-state index >= 15 is 0 Å². The van der Waals surface area contributed by atoms with Crippen molar-refractivity contribution in [2.24, 2.45) is 0 Å². The van der Waals surface area contributed by atoms with Gasteiger partial charge in [0, 0.05) is 30.7 Å². The zero-order valence-electron chi connectivity index (χ0n) is 10.0. The van der Waals surface area contributed by atoms with Crippen molar-refractivity contribution in [3.8, 4) is 0 Å². The molecule has 2 amide bonds. The number of carbonyl (C=O) groups is 1. The summed E-state index contributed by atoms with van der Waals surface area (Å²) >= 11 is 11.9. The maximum absolute atomic E-state index is 12.1. The van der Waals surface area contributed by atoms with Crippen molar-refractivity contribution in [2.75, 3.05) is 25.0 Å². The molecule has 0 aliphatic carbocycles. The molecule has 2 N–H and O–H groups in total. The number of rotatable bonds is 1. The second-order valence-electron chi connectivity index (χ2n) is 4.30. The number of piperazine rings is 1. The van der Waals surface area contributed by atoms with Gasteiger partial charge in [0.15, 0.2) is 0 Å². The number of carbonyl (C=O) groups excluding carboxylic acids is 1. The summed E-state index contributed by atoms with van der Waals surface area (Å²) in [7, 11) is 0. The third-order valence-corrected chi connectivity index (χ3v) is 3.50. The molecule has 1 aliphatic rings. The average molecular weight is 288 g/mol. The Morgan fingerprint density at radius 1 is 1.50 bits per heavy atom. The highest BCUT2D eigenvalue weighted by molar-refractivity contribution is 6.35. The van der Waals surface area contributed by atoms with Gasteiger partial charge in [0.1, 0.15) is 0 Å². The summed E-state index contributed by atoms with van der Waals surface area (Å²) in [5.74, 6) is 0. The van der Waals surface area contributed by atoms with Crippen LogP contribution in [0.5, 0.6) is 0 Å². The molecule has 98 valence electrons. The molecule has 0 spiro atoms. The summed E-state index contributed by atoms with van der Waals surface area (Å²) in [5, 5.41) is 7.06. The van der Waals surface area contributed by atoms with Gasteiger partial charge in [0.25, 0.3) is 0 Å². The quantitative estimate of drug-likeness (QED) is 0.834. The summed E-state index contributed by atoms with van der Waals surface area (Å²) in [5.41, 5.74) is 0.542. The minimum atomic E-state index is -0.145. The van der Waals surface area contributed by atoms with E-state index in [1.54, 1.807) is 23.1 Å². The fourth-order valence-electron chi connectivity index (χ4n) is 1.92. The van der Waals surface area contributed by atoms with Crippen molar-refractivity contribution in [3.63, 3.8) is 0 Å². The summed E-state index contributed by atoms with van der Waals surface area (Å²) < 4.78 is 0. The van der Waals surface area contributed by atoms with E-state index in [1.807, 2.05) is 6.92 Å². The van der Waals surface area contributed by atoms with Gasteiger partial charge < -0.3 is 15.5 Å². The molecule has 1 aromatic rings. The largest absolute Gasteiger partial charge is 0.322 e. The Morgan fingerprint density at radius 3 is 3.00 bits per heavy atom.